The van der Waals surface area contributed by atoms with Crippen LogP contribution in [-0.2, 0) is 0 Å². The number of aromatic nitrogens is 1. The normalized spacial score (nSPS) is 25.9. The first-order chi connectivity index (χ1) is 10.3. The van der Waals surface area contributed by atoms with Crippen molar-refractivity contribution in [1.82, 2.24) is 4.98 Å². The molecule has 3 rings (SSSR count). The van der Waals surface area contributed by atoms with Gasteiger partial charge in [0.25, 0.3) is 0 Å². The molecule has 1 aliphatic carbocycles. The molecule has 0 bridgehead atoms. The minimum Gasteiger partial charge on any atom is -0.487 e. The van der Waals surface area contributed by atoms with Crippen LogP contribution in [0.1, 0.15) is 39.0 Å². The van der Waals surface area contributed by atoms with Crippen LogP contribution in [0.3, 0.4) is 0 Å². The summed E-state index contributed by atoms with van der Waals surface area (Å²) >= 11 is 0. The van der Waals surface area contributed by atoms with Gasteiger partial charge in [0.15, 0.2) is 0 Å². The molecule has 1 heterocycles. The molecule has 3 atom stereocenters. The topological polar surface area (TPSA) is 48.1 Å². The van der Waals surface area contributed by atoms with Crippen molar-refractivity contribution >= 4 is 10.9 Å². The highest BCUT2D eigenvalue weighted by Crippen LogP contribution is 2.32. The lowest BCUT2D eigenvalue weighted by atomic mass is 9.82. The van der Waals surface area contributed by atoms with Gasteiger partial charge in [-0.1, -0.05) is 38.0 Å². The summed E-state index contributed by atoms with van der Waals surface area (Å²) in [5.74, 6) is 1.62. The second-order valence-corrected chi connectivity index (χ2v) is 6.12. The summed E-state index contributed by atoms with van der Waals surface area (Å²) in [5.41, 5.74) is 7.22. The van der Waals surface area contributed by atoms with Crippen LogP contribution in [0.25, 0.3) is 10.9 Å². The van der Waals surface area contributed by atoms with Gasteiger partial charge in [-0.3, -0.25) is 4.98 Å². The van der Waals surface area contributed by atoms with Crippen LogP contribution >= 0.6 is 0 Å². The Labute approximate surface area is 126 Å². The summed E-state index contributed by atoms with van der Waals surface area (Å²) in [6.45, 7) is 2.25. The van der Waals surface area contributed by atoms with E-state index in [0.29, 0.717) is 0 Å². The molecule has 0 spiro atoms. The zero-order chi connectivity index (χ0) is 14.7. The van der Waals surface area contributed by atoms with Crippen LogP contribution in [0.4, 0.5) is 0 Å². The van der Waals surface area contributed by atoms with E-state index in [2.05, 4.69) is 24.0 Å². The lowest BCUT2D eigenvalue weighted by Crippen LogP contribution is -2.43. The van der Waals surface area contributed by atoms with Crippen LogP contribution in [-0.4, -0.2) is 17.1 Å². The summed E-state index contributed by atoms with van der Waals surface area (Å²) in [6.07, 6.45) is 7.82. The van der Waals surface area contributed by atoms with Crippen molar-refractivity contribution in [1.29, 1.82) is 0 Å². The van der Waals surface area contributed by atoms with Gasteiger partial charge in [-0.2, -0.15) is 0 Å². The van der Waals surface area contributed by atoms with Gasteiger partial charge < -0.3 is 10.5 Å². The number of hydrogen-bond donors (Lipinski definition) is 1. The Morgan fingerprint density at radius 2 is 2.10 bits per heavy atom. The first-order valence-electron chi connectivity index (χ1n) is 8.04. The smallest absolute Gasteiger partial charge is 0.146 e. The molecular formula is C18H24N2O. The third kappa shape index (κ3) is 3.18. The molecule has 0 aliphatic heterocycles. The van der Waals surface area contributed by atoms with Gasteiger partial charge in [0.05, 0.1) is 0 Å². The van der Waals surface area contributed by atoms with Gasteiger partial charge in [-0.15, -0.1) is 0 Å². The van der Waals surface area contributed by atoms with Crippen molar-refractivity contribution in [2.24, 2.45) is 11.7 Å². The summed E-state index contributed by atoms with van der Waals surface area (Å²) < 4.78 is 6.27. The Morgan fingerprint density at radius 3 is 2.95 bits per heavy atom. The molecule has 0 radical (unpaired) electrons. The number of para-hydroxylation sites is 1. The van der Waals surface area contributed by atoms with Crippen molar-refractivity contribution in [2.45, 2.75) is 51.2 Å². The Bertz CT molecular complexity index is 593. The van der Waals surface area contributed by atoms with Crippen LogP contribution in [0.15, 0.2) is 36.5 Å². The number of ether oxygens (including phenoxy) is 1. The SMILES string of the molecule is CCCC1CCC(N)C(Oc2cccc3cccnc23)C1. The van der Waals surface area contributed by atoms with Gasteiger partial charge in [0, 0.05) is 17.6 Å². The molecule has 2 N–H and O–H groups in total. The first-order valence-corrected chi connectivity index (χ1v) is 8.04. The zero-order valence-corrected chi connectivity index (χ0v) is 12.7. The van der Waals surface area contributed by atoms with E-state index < -0.39 is 0 Å². The molecule has 0 saturated heterocycles. The number of hydrogen-bond acceptors (Lipinski definition) is 3. The maximum absolute atomic E-state index is 6.28. The highest BCUT2D eigenvalue weighted by Gasteiger charge is 2.29. The average molecular weight is 284 g/mol. The molecule has 1 aromatic carbocycles. The van der Waals surface area contributed by atoms with E-state index in [-0.39, 0.29) is 12.1 Å². The summed E-state index contributed by atoms with van der Waals surface area (Å²) in [5, 5.41) is 1.12. The number of nitrogens with zero attached hydrogens (tertiary/aromatic N) is 1. The van der Waals surface area contributed by atoms with Crippen molar-refractivity contribution in [3.8, 4) is 5.75 Å². The fourth-order valence-corrected chi connectivity index (χ4v) is 3.38. The second-order valence-electron chi connectivity index (χ2n) is 6.12. The number of nitrogens with two attached hydrogens (primary N) is 1. The lowest BCUT2D eigenvalue weighted by molar-refractivity contribution is 0.101. The molecule has 3 nitrogen and oxygen atoms in total. The Kier molecular flexibility index (Phi) is 4.39. The molecule has 1 aliphatic rings. The zero-order valence-electron chi connectivity index (χ0n) is 12.7. The quantitative estimate of drug-likeness (QED) is 0.926. The van der Waals surface area contributed by atoms with Crippen LogP contribution in [0.2, 0.25) is 0 Å². The van der Waals surface area contributed by atoms with Crippen LogP contribution < -0.4 is 10.5 Å². The first kappa shape index (κ1) is 14.3. The fraction of sp³-hybridized carbons (Fsp3) is 0.500. The second kappa shape index (κ2) is 6.44. The Balaban J connectivity index is 1.80. The number of fused-ring (bicyclic) bond motifs is 1. The maximum Gasteiger partial charge on any atom is 0.146 e. The standard InChI is InChI=1S/C18H24N2O/c1-2-5-13-9-10-15(19)17(12-13)21-16-8-3-6-14-7-4-11-20-18(14)16/h3-4,6-8,11,13,15,17H,2,5,9-10,12,19H2,1H3. The molecule has 3 unspecified atom stereocenters. The third-order valence-electron chi connectivity index (χ3n) is 4.52. The third-order valence-corrected chi connectivity index (χ3v) is 4.52. The van der Waals surface area contributed by atoms with Crippen molar-refractivity contribution in [2.75, 3.05) is 0 Å². The average Bonchev–Trinajstić information content (AvgIpc) is 2.51. The van der Waals surface area contributed by atoms with E-state index in [1.54, 1.807) is 0 Å². The summed E-state index contributed by atoms with van der Waals surface area (Å²) in [6, 6.07) is 10.3. The summed E-state index contributed by atoms with van der Waals surface area (Å²) in [7, 11) is 0. The van der Waals surface area contributed by atoms with E-state index in [9.17, 15) is 0 Å². The molecule has 112 valence electrons. The van der Waals surface area contributed by atoms with E-state index in [4.69, 9.17) is 10.5 Å². The molecule has 2 aromatic rings. The van der Waals surface area contributed by atoms with E-state index in [1.807, 2.05) is 24.4 Å². The number of rotatable bonds is 4. The van der Waals surface area contributed by atoms with Crippen LogP contribution in [0, 0.1) is 5.92 Å². The monoisotopic (exact) mass is 284 g/mol. The predicted molar refractivity (Wildman–Crippen MR) is 86.4 cm³/mol. The molecule has 1 aromatic heterocycles. The summed E-state index contributed by atoms with van der Waals surface area (Å²) in [4.78, 5) is 4.46. The molecule has 3 heteroatoms. The van der Waals surface area contributed by atoms with Gasteiger partial charge in [0.2, 0.25) is 0 Å². The minimum absolute atomic E-state index is 0.114. The fourth-order valence-electron chi connectivity index (χ4n) is 3.38. The van der Waals surface area contributed by atoms with Gasteiger partial charge in [0.1, 0.15) is 17.4 Å². The van der Waals surface area contributed by atoms with Gasteiger partial charge in [-0.05, 0) is 37.3 Å². The molecule has 21 heavy (non-hydrogen) atoms. The molecule has 1 saturated carbocycles. The van der Waals surface area contributed by atoms with Gasteiger partial charge in [-0.25, -0.2) is 0 Å². The number of pyridine rings is 1. The lowest BCUT2D eigenvalue weighted by Gasteiger charge is -2.34. The predicted octanol–water partition coefficient (Wildman–Crippen LogP) is 3.91. The Morgan fingerprint density at radius 1 is 1.24 bits per heavy atom. The van der Waals surface area contributed by atoms with Crippen molar-refractivity contribution in [3.05, 3.63) is 36.5 Å². The van der Waals surface area contributed by atoms with Crippen LogP contribution in [0.5, 0.6) is 5.75 Å². The van der Waals surface area contributed by atoms with E-state index in [0.717, 1.165) is 35.4 Å². The molecular weight excluding hydrogens is 260 g/mol. The van der Waals surface area contributed by atoms with E-state index >= 15 is 0 Å². The van der Waals surface area contributed by atoms with E-state index in [1.165, 1.54) is 19.3 Å². The number of benzene rings is 1. The van der Waals surface area contributed by atoms with Crippen molar-refractivity contribution in [3.63, 3.8) is 0 Å². The van der Waals surface area contributed by atoms with Gasteiger partial charge >= 0.3 is 0 Å². The molecule has 1 fully saturated rings. The largest absolute Gasteiger partial charge is 0.487 e. The highest BCUT2D eigenvalue weighted by molar-refractivity contribution is 5.84. The van der Waals surface area contributed by atoms with Crippen molar-refractivity contribution < 1.29 is 4.74 Å². The Hall–Kier alpha value is -1.61. The minimum atomic E-state index is 0.114. The molecule has 0 amide bonds. The maximum atomic E-state index is 6.28. The highest BCUT2D eigenvalue weighted by atomic mass is 16.5.